The number of carbonyl (C=O) groups excluding carboxylic acids is 1. The second-order valence-corrected chi connectivity index (χ2v) is 8.06. The van der Waals surface area contributed by atoms with Gasteiger partial charge in [0.15, 0.2) is 0 Å². The minimum Gasteiger partial charge on any atom is -0.497 e. The molecular weight excluding hydrogens is 442 g/mol. The molecular formula is C23H23N5O4S. The number of fused-ring (bicyclic) bond motifs is 1. The Morgan fingerprint density at radius 2 is 1.91 bits per heavy atom. The predicted molar refractivity (Wildman–Crippen MR) is 127 cm³/mol. The molecule has 0 aliphatic rings. The van der Waals surface area contributed by atoms with Gasteiger partial charge in [0.25, 0.3) is 5.56 Å². The van der Waals surface area contributed by atoms with Crippen molar-refractivity contribution in [2.45, 2.75) is 18.5 Å². The van der Waals surface area contributed by atoms with Crippen LogP contribution in [0, 0.1) is 0 Å². The lowest BCUT2D eigenvalue weighted by atomic mass is 10.1. The number of thioether (sulfide) groups is 1. The summed E-state index contributed by atoms with van der Waals surface area (Å²) in [5.41, 5.74) is 3.28. The van der Waals surface area contributed by atoms with Crippen molar-refractivity contribution in [3.8, 4) is 22.8 Å². The van der Waals surface area contributed by atoms with Crippen LogP contribution >= 0.6 is 11.8 Å². The fourth-order valence-corrected chi connectivity index (χ4v) is 3.97. The molecule has 0 fully saturated rings. The molecule has 0 saturated carbocycles. The lowest BCUT2D eigenvalue weighted by Crippen LogP contribution is -2.17. The molecule has 170 valence electrons. The van der Waals surface area contributed by atoms with Crippen LogP contribution in [-0.4, -0.2) is 45.7 Å². The topological polar surface area (TPSA) is 111 Å². The molecule has 2 N–H and O–H groups in total. The molecule has 0 bridgehead atoms. The highest BCUT2D eigenvalue weighted by Crippen LogP contribution is 2.29. The normalized spacial score (nSPS) is 10.9. The van der Waals surface area contributed by atoms with E-state index >= 15 is 0 Å². The number of aromatic nitrogens is 4. The Morgan fingerprint density at radius 1 is 1.12 bits per heavy atom. The van der Waals surface area contributed by atoms with E-state index in [1.54, 1.807) is 31.4 Å². The third-order valence-electron chi connectivity index (χ3n) is 5.05. The molecule has 0 saturated heterocycles. The number of anilines is 1. The van der Waals surface area contributed by atoms with Crippen LogP contribution in [-0.2, 0) is 11.2 Å². The fourth-order valence-electron chi connectivity index (χ4n) is 3.27. The molecule has 2 heterocycles. The zero-order valence-electron chi connectivity index (χ0n) is 18.4. The van der Waals surface area contributed by atoms with Crippen molar-refractivity contribution >= 4 is 28.9 Å². The standard InChI is InChI=1S/C23H23N5O4S/c1-4-14-5-7-15(8-6-14)17-12-19-22(30)25-26-23(28(19)27-17)33-13-21(29)24-18-11-16(31-2)9-10-20(18)32-3/h5-12H,4,13H2,1-3H3,(H,24,29)(H,25,30). The summed E-state index contributed by atoms with van der Waals surface area (Å²) < 4.78 is 12.0. The van der Waals surface area contributed by atoms with Crippen molar-refractivity contribution in [1.82, 2.24) is 19.8 Å². The van der Waals surface area contributed by atoms with Gasteiger partial charge in [-0.05, 0) is 30.2 Å². The highest BCUT2D eigenvalue weighted by Gasteiger charge is 2.15. The van der Waals surface area contributed by atoms with Crippen molar-refractivity contribution in [2.24, 2.45) is 0 Å². The quantitative estimate of drug-likeness (QED) is 0.384. The minimum atomic E-state index is -0.353. The number of nitrogens with one attached hydrogen (secondary N) is 2. The first-order chi connectivity index (χ1) is 16.0. The van der Waals surface area contributed by atoms with Crippen LogP contribution in [0.15, 0.2) is 58.5 Å². The largest absolute Gasteiger partial charge is 0.497 e. The summed E-state index contributed by atoms with van der Waals surface area (Å²) >= 11 is 1.16. The zero-order valence-corrected chi connectivity index (χ0v) is 19.2. The molecule has 4 aromatic rings. The second kappa shape index (κ2) is 9.78. The predicted octanol–water partition coefficient (Wildman–Crippen LogP) is 3.40. The van der Waals surface area contributed by atoms with Gasteiger partial charge in [0.1, 0.15) is 17.0 Å². The van der Waals surface area contributed by atoms with Crippen molar-refractivity contribution in [2.75, 3.05) is 25.3 Å². The SMILES string of the molecule is CCc1ccc(-c2cc3c(=O)[nH]nc(SCC(=O)Nc4cc(OC)ccc4OC)n3n2)cc1. The zero-order chi connectivity index (χ0) is 23.4. The molecule has 0 atom stereocenters. The molecule has 0 aliphatic heterocycles. The van der Waals surface area contributed by atoms with Crippen LogP contribution in [0.1, 0.15) is 12.5 Å². The van der Waals surface area contributed by atoms with Crippen LogP contribution in [0.25, 0.3) is 16.8 Å². The number of rotatable bonds is 8. The fraction of sp³-hybridized carbons (Fsp3) is 0.217. The van der Waals surface area contributed by atoms with E-state index in [4.69, 9.17) is 9.47 Å². The first-order valence-electron chi connectivity index (χ1n) is 10.2. The van der Waals surface area contributed by atoms with Crippen molar-refractivity contribution in [3.63, 3.8) is 0 Å². The summed E-state index contributed by atoms with van der Waals surface area (Å²) in [4.78, 5) is 24.9. The van der Waals surface area contributed by atoms with Crippen molar-refractivity contribution in [1.29, 1.82) is 0 Å². The van der Waals surface area contributed by atoms with Gasteiger partial charge >= 0.3 is 0 Å². The molecule has 0 radical (unpaired) electrons. The van der Waals surface area contributed by atoms with Crippen LogP contribution in [0.4, 0.5) is 5.69 Å². The molecule has 10 heteroatoms. The maximum absolute atomic E-state index is 12.6. The molecule has 0 aliphatic carbocycles. The average molecular weight is 466 g/mol. The number of ether oxygens (including phenoxy) is 2. The highest BCUT2D eigenvalue weighted by atomic mass is 32.2. The average Bonchev–Trinajstić information content (AvgIpc) is 3.30. The second-order valence-electron chi connectivity index (χ2n) is 7.12. The molecule has 0 unspecified atom stereocenters. The van der Waals surface area contributed by atoms with E-state index in [0.717, 1.165) is 23.7 Å². The number of H-pyrrole nitrogens is 1. The Balaban J connectivity index is 1.54. The Labute approximate surface area is 194 Å². The van der Waals surface area contributed by atoms with Crippen molar-refractivity contribution < 1.29 is 14.3 Å². The third kappa shape index (κ3) is 4.85. The van der Waals surface area contributed by atoms with Gasteiger partial charge in [-0.25, -0.2) is 9.61 Å². The van der Waals surface area contributed by atoms with Gasteiger partial charge in [0, 0.05) is 11.6 Å². The van der Waals surface area contributed by atoms with E-state index in [2.05, 4.69) is 27.5 Å². The summed E-state index contributed by atoms with van der Waals surface area (Å²) in [6.45, 7) is 2.09. The lowest BCUT2D eigenvalue weighted by Gasteiger charge is -2.11. The summed E-state index contributed by atoms with van der Waals surface area (Å²) in [6, 6.07) is 14.9. The monoisotopic (exact) mass is 465 g/mol. The summed E-state index contributed by atoms with van der Waals surface area (Å²) in [5.74, 6) is 0.896. The van der Waals surface area contributed by atoms with Gasteiger partial charge in [0.05, 0.1) is 31.4 Å². The maximum atomic E-state index is 12.6. The molecule has 4 rings (SSSR count). The van der Waals surface area contributed by atoms with Crippen LogP contribution in [0.3, 0.4) is 0 Å². The molecule has 2 aromatic carbocycles. The Hall–Kier alpha value is -3.79. The van der Waals surface area contributed by atoms with Crippen LogP contribution < -0.4 is 20.3 Å². The van der Waals surface area contributed by atoms with Crippen molar-refractivity contribution in [3.05, 3.63) is 64.4 Å². The lowest BCUT2D eigenvalue weighted by molar-refractivity contribution is -0.113. The summed E-state index contributed by atoms with van der Waals surface area (Å²) in [7, 11) is 3.07. The van der Waals surface area contributed by atoms with Gasteiger partial charge in [-0.1, -0.05) is 43.0 Å². The van der Waals surface area contributed by atoms with Crippen LogP contribution in [0.2, 0.25) is 0 Å². The molecule has 9 nitrogen and oxygen atoms in total. The maximum Gasteiger partial charge on any atom is 0.290 e. The number of hydrogen-bond donors (Lipinski definition) is 2. The number of methoxy groups -OCH3 is 2. The molecule has 2 aromatic heterocycles. The summed E-state index contributed by atoms with van der Waals surface area (Å²) in [5, 5.41) is 14.3. The first-order valence-corrected chi connectivity index (χ1v) is 11.2. The van der Waals surface area contributed by atoms with Gasteiger partial charge in [-0.2, -0.15) is 5.10 Å². The smallest absolute Gasteiger partial charge is 0.290 e. The van der Waals surface area contributed by atoms with Gasteiger partial charge in [-0.15, -0.1) is 5.10 Å². The number of nitrogens with zero attached hydrogens (tertiary/aromatic N) is 3. The molecule has 0 spiro atoms. The van der Waals surface area contributed by atoms with E-state index in [1.165, 1.54) is 17.2 Å². The van der Waals surface area contributed by atoms with E-state index in [0.29, 0.717) is 33.6 Å². The number of carbonyl (C=O) groups is 1. The first kappa shape index (κ1) is 22.4. The highest BCUT2D eigenvalue weighted by molar-refractivity contribution is 7.99. The summed E-state index contributed by atoms with van der Waals surface area (Å²) in [6.07, 6.45) is 0.944. The number of hydrogen-bond acceptors (Lipinski definition) is 7. The number of amides is 1. The van der Waals surface area contributed by atoms with E-state index < -0.39 is 0 Å². The number of aryl methyl sites for hydroxylation is 1. The van der Waals surface area contributed by atoms with E-state index in [-0.39, 0.29) is 17.2 Å². The third-order valence-corrected chi connectivity index (χ3v) is 5.98. The van der Waals surface area contributed by atoms with Gasteiger partial charge in [0.2, 0.25) is 11.1 Å². The Kier molecular flexibility index (Phi) is 6.64. The van der Waals surface area contributed by atoms with E-state index in [1.807, 2.05) is 24.3 Å². The number of benzene rings is 2. The molecule has 1 amide bonds. The molecule has 33 heavy (non-hydrogen) atoms. The Bertz CT molecular complexity index is 1350. The number of aromatic amines is 1. The minimum absolute atomic E-state index is 0.0505. The Morgan fingerprint density at radius 3 is 2.61 bits per heavy atom. The van der Waals surface area contributed by atoms with E-state index in [9.17, 15) is 9.59 Å². The van der Waals surface area contributed by atoms with Crippen LogP contribution in [0.5, 0.6) is 11.5 Å². The van der Waals surface area contributed by atoms with Gasteiger partial charge in [-0.3, -0.25) is 9.59 Å². The van der Waals surface area contributed by atoms with Gasteiger partial charge < -0.3 is 14.8 Å².